The van der Waals surface area contributed by atoms with E-state index in [0.29, 0.717) is 0 Å². The lowest BCUT2D eigenvalue weighted by Gasteiger charge is -2.11. The van der Waals surface area contributed by atoms with Crippen molar-refractivity contribution in [2.45, 2.75) is 11.9 Å². The molecule has 0 unspecified atom stereocenters. The molecule has 100 valence electrons. The van der Waals surface area contributed by atoms with Crippen molar-refractivity contribution in [2.75, 3.05) is 4.72 Å². The van der Waals surface area contributed by atoms with Crippen molar-refractivity contribution in [3.8, 4) is 0 Å². The Morgan fingerprint density at radius 3 is 2.11 bits per heavy atom. The Labute approximate surface area is 100 Å². The first-order chi connectivity index (χ1) is 8.12. The van der Waals surface area contributed by atoms with Gasteiger partial charge in [-0.3, -0.25) is 4.72 Å². The number of rotatable bonds is 4. The van der Waals surface area contributed by atoms with Crippen LogP contribution in [0.2, 0.25) is 0 Å². The zero-order chi connectivity index (χ0) is 14.0. The zero-order valence-electron chi connectivity index (χ0n) is 8.69. The highest BCUT2D eigenvalue weighted by molar-refractivity contribution is 7.93. The smallest absolute Gasteiger partial charge is 0.516 e. The fourth-order valence-electron chi connectivity index (χ4n) is 1.07. The highest BCUT2D eigenvalue weighted by Gasteiger charge is 2.45. The molecule has 0 atom stereocenters. The Kier molecular flexibility index (Phi) is 3.85. The normalized spacial score (nSPS) is 12.2. The topological polar surface area (TPSA) is 86.3 Å². The second-order valence-corrected chi connectivity index (χ2v) is 4.97. The lowest BCUT2D eigenvalue weighted by molar-refractivity contribution is -0.304. The van der Waals surface area contributed by atoms with Gasteiger partial charge < -0.3 is 9.90 Å². The van der Waals surface area contributed by atoms with E-state index < -0.39 is 27.9 Å². The van der Waals surface area contributed by atoms with Gasteiger partial charge in [-0.25, -0.2) is 0 Å². The molecule has 1 rings (SSSR count). The lowest BCUT2D eigenvalue weighted by atomic mass is 10.1. The van der Waals surface area contributed by atoms with E-state index in [4.69, 9.17) is 0 Å². The summed E-state index contributed by atoms with van der Waals surface area (Å²) in [7, 11) is -5.47. The van der Waals surface area contributed by atoms with E-state index in [9.17, 15) is 31.5 Å². The molecule has 5 nitrogen and oxygen atoms in total. The summed E-state index contributed by atoms with van der Waals surface area (Å²) in [4.78, 5) is 10.2. The predicted octanol–water partition coefficient (Wildman–Crippen LogP) is 0.240. The molecule has 0 aliphatic carbocycles. The van der Waals surface area contributed by atoms with E-state index in [0.717, 1.165) is 12.1 Å². The van der Waals surface area contributed by atoms with Crippen LogP contribution in [0.1, 0.15) is 5.56 Å². The maximum absolute atomic E-state index is 12.0. The Bertz CT molecular complexity index is 536. The molecular weight excluding hydrogens is 275 g/mol. The summed E-state index contributed by atoms with van der Waals surface area (Å²) in [5.41, 5.74) is -5.43. The average molecular weight is 282 g/mol. The molecule has 0 radical (unpaired) electrons. The maximum atomic E-state index is 12.0. The molecule has 0 amide bonds. The number of benzene rings is 1. The van der Waals surface area contributed by atoms with E-state index in [2.05, 4.69) is 0 Å². The number of alkyl halides is 3. The van der Waals surface area contributed by atoms with Crippen LogP contribution in [-0.4, -0.2) is 19.9 Å². The molecule has 9 heteroatoms. The van der Waals surface area contributed by atoms with Crippen molar-refractivity contribution in [1.29, 1.82) is 0 Å². The Hall–Kier alpha value is -1.77. The van der Waals surface area contributed by atoms with Gasteiger partial charge in [0, 0.05) is 18.1 Å². The van der Waals surface area contributed by atoms with Gasteiger partial charge in [-0.15, -0.1) is 0 Å². The first-order valence-corrected chi connectivity index (χ1v) is 5.98. The minimum Gasteiger partial charge on any atom is -0.550 e. The average Bonchev–Trinajstić information content (AvgIpc) is 2.18. The fourth-order valence-corrected chi connectivity index (χ4v) is 1.63. The summed E-state index contributed by atoms with van der Waals surface area (Å²) in [5, 5.41) is 10.2. The number of carboxylic acid groups (broad SMARTS) is 1. The van der Waals surface area contributed by atoms with E-state index in [1.165, 1.54) is 16.9 Å². The van der Waals surface area contributed by atoms with Crippen molar-refractivity contribution < 1.29 is 31.5 Å². The Morgan fingerprint density at radius 2 is 1.72 bits per heavy atom. The molecule has 1 N–H and O–H groups in total. The highest BCUT2D eigenvalue weighted by Crippen LogP contribution is 2.25. The third-order valence-electron chi connectivity index (χ3n) is 1.86. The fraction of sp³-hybridized carbons (Fsp3) is 0.222. The van der Waals surface area contributed by atoms with Crippen molar-refractivity contribution in [1.82, 2.24) is 0 Å². The molecule has 1 aromatic carbocycles. The molecule has 0 fully saturated rings. The van der Waals surface area contributed by atoms with Gasteiger partial charge in [0.2, 0.25) is 0 Å². The number of hydrogen-bond acceptors (Lipinski definition) is 4. The summed E-state index contributed by atoms with van der Waals surface area (Å²) in [6.45, 7) is 0. The van der Waals surface area contributed by atoms with Crippen LogP contribution in [0.5, 0.6) is 0 Å². The molecule has 0 bridgehead atoms. The molecule has 0 heterocycles. The van der Waals surface area contributed by atoms with Crippen LogP contribution in [0.3, 0.4) is 0 Å². The maximum Gasteiger partial charge on any atom is 0.516 e. The number of anilines is 1. The van der Waals surface area contributed by atoms with Crippen LogP contribution in [0, 0.1) is 0 Å². The Morgan fingerprint density at radius 1 is 1.22 bits per heavy atom. The summed E-state index contributed by atoms with van der Waals surface area (Å²) in [6, 6.07) is 4.43. The van der Waals surface area contributed by atoms with E-state index in [-0.39, 0.29) is 11.3 Å². The molecule has 0 spiro atoms. The van der Waals surface area contributed by atoms with Gasteiger partial charge in [-0.1, -0.05) is 12.1 Å². The van der Waals surface area contributed by atoms with Crippen LogP contribution in [0.25, 0.3) is 0 Å². The minimum atomic E-state index is -5.47. The third kappa shape index (κ3) is 3.62. The number of halogens is 3. The lowest BCUT2D eigenvalue weighted by Crippen LogP contribution is -2.29. The summed E-state index contributed by atoms with van der Waals surface area (Å²) in [6.07, 6.45) is -0.410. The predicted molar refractivity (Wildman–Crippen MR) is 53.8 cm³/mol. The van der Waals surface area contributed by atoms with Crippen molar-refractivity contribution in [3.05, 3.63) is 29.8 Å². The van der Waals surface area contributed by atoms with E-state index in [1.807, 2.05) is 0 Å². The number of carbonyl (C=O) groups excluding carboxylic acids is 1. The molecule has 18 heavy (non-hydrogen) atoms. The second kappa shape index (κ2) is 4.84. The molecule has 0 saturated heterocycles. The standard InChI is InChI=1S/C9H8F3NO4S/c10-9(11,12)18(16,17)13-7-3-1-6(2-4-7)5-8(14)15/h1-4,13H,5H2,(H,14,15)/p-1. The number of carbonyl (C=O) groups is 1. The van der Waals surface area contributed by atoms with Crippen LogP contribution in [0.15, 0.2) is 24.3 Å². The van der Waals surface area contributed by atoms with Crippen LogP contribution in [0.4, 0.5) is 18.9 Å². The number of sulfonamides is 1. The van der Waals surface area contributed by atoms with Crippen molar-refractivity contribution in [3.63, 3.8) is 0 Å². The van der Waals surface area contributed by atoms with Crippen molar-refractivity contribution in [2.24, 2.45) is 0 Å². The molecule has 0 aliphatic heterocycles. The number of carboxylic acids is 1. The van der Waals surface area contributed by atoms with E-state index in [1.54, 1.807) is 0 Å². The first-order valence-electron chi connectivity index (χ1n) is 4.50. The van der Waals surface area contributed by atoms with Crippen LogP contribution < -0.4 is 9.83 Å². The van der Waals surface area contributed by atoms with Gasteiger partial charge in [-0.2, -0.15) is 21.6 Å². The second-order valence-electron chi connectivity index (χ2n) is 3.30. The van der Waals surface area contributed by atoms with Gasteiger partial charge in [0.05, 0.1) is 0 Å². The van der Waals surface area contributed by atoms with Crippen LogP contribution in [-0.2, 0) is 21.2 Å². The third-order valence-corrected chi connectivity index (χ3v) is 2.97. The minimum absolute atomic E-state index is 0.282. The number of aliphatic carboxylic acids is 1. The molecule has 0 saturated carbocycles. The first kappa shape index (κ1) is 14.3. The summed E-state index contributed by atoms with van der Waals surface area (Å²) in [5.74, 6) is -1.35. The summed E-state index contributed by atoms with van der Waals surface area (Å²) >= 11 is 0. The van der Waals surface area contributed by atoms with Gasteiger partial charge in [0.1, 0.15) is 0 Å². The van der Waals surface area contributed by atoms with Crippen LogP contribution >= 0.6 is 0 Å². The van der Waals surface area contributed by atoms with Crippen molar-refractivity contribution >= 4 is 21.7 Å². The monoisotopic (exact) mass is 282 g/mol. The molecule has 0 aliphatic rings. The Balaban J connectivity index is 2.85. The molecule has 0 aromatic heterocycles. The van der Waals surface area contributed by atoms with E-state index >= 15 is 0 Å². The molecule has 1 aromatic rings. The SMILES string of the molecule is O=C([O-])Cc1ccc(NS(=O)(=O)C(F)(F)F)cc1. The molecular formula is C9H7F3NO4S-. The largest absolute Gasteiger partial charge is 0.550 e. The number of hydrogen-bond donors (Lipinski definition) is 1. The quantitative estimate of drug-likeness (QED) is 0.857. The number of nitrogens with one attached hydrogen (secondary N) is 1. The van der Waals surface area contributed by atoms with Gasteiger partial charge in [0.25, 0.3) is 0 Å². The van der Waals surface area contributed by atoms with Gasteiger partial charge in [0.15, 0.2) is 0 Å². The zero-order valence-corrected chi connectivity index (χ0v) is 9.51. The highest BCUT2D eigenvalue weighted by atomic mass is 32.2. The summed E-state index contributed by atoms with van der Waals surface area (Å²) < 4.78 is 58.9. The van der Waals surface area contributed by atoms with Gasteiger partial charge in [-0.05, 0) is 17.7 Å². The van der Waals surface area contributed by atoms with Gasteiger partial charge >= 0.3 is 15.5 Å².